The van der Waals surface area contributed by atoms with E-state index in [1.165, 1.54) is 42.3 Å². The molecule has 2 N–H and O–H groups in total. The van der Waals surface area contributed by atoms with Crippen molar-refractivity contribution in [2.45, 2.75) is 58.4 Å². The highest BCUT2D eigenvalue weighted by molar-refractivity contribution is 7.17. The van der Waals surface area contributed by atoms with Gasteiger partial charge in [-0.15, -0.1) is 11.3 Å². The number of nitrogens with two attached hydrogens (primary N) is 1. The van der Waals surface area contributed by atoms with Gasteiger partial charge in [0.05, 0.1) is 10.2 Å². The zero-order chi connectivity index (χ0) is 13.2. The molecule has 2 rings (SSSR count). The fourth-order valence-electron chi connectivity index (χ4n) is 2.72. The molecule has 0 aliphatic heterocycles. The van der Waals surface area contributed by atoms with E-state index in [9.17, 15) is 0 Å². The van der Waals surface area contributed by atoms with Gasteiger partial charge in [0.1, 0.15) is 5.82 Å². The van der Waals surface area contributed by atoms with Crippen LogP contribution in [0.3, 0.4) is 0 Å². The van der Waals surface area contributed by atoms with Gasteiger partial charge < -0.3 is 10.3 Å². The van der Waals surface area contributed by atoms with Crippen molar-refractivity contribution < 1.29 is 0 Å². The summed E-state index contributed by atoms with van der Waals surface area (Å²) in [7, 11) is 0. The fraction of sp³-hybridized carbons (Fsp3) is 0.600. The van der Waals surface area contributed by atoms with Crippen molar-refractivity contribution in [3.05, 3.63) is 17.5 Å². The fourth-order valence-corrected chi connectivity index (χ4v) is 3.53. The van der Waals surface area contributed by atoms with Crippen molar-refractivity contribution >= 4 is 27.4 Å². The molecule has 2 heterocycles. The Morgan fingerprint density at radius 3 is 2.78 bits per heavy atom. The van der Waals surface area contributed by atoms with E-state index in [1.807, 2.05) is 0 Å². The van der Waals surface area contributed by atoms with Crippen molar-refractivity contribution in [1.29, 1.82) is 0 Å². The van der Waals surface area contributed by atoms with Crippen LogP contribution in [0.2, 0.25) is 0 Å². The number of hydrogen-bond acceptors (Lipinski definition) is 2. The van der Waals surface area contributed by atoms with Crippen LogP contribution in [-0.4, -0.2) is 4.57 Å². The van der Waals surface area contributed by atoms with E-state index in [-0.39, 0.29) is 5.54 Å². The predicted octanol–water partition coefficient (Wildman–Crippen LogP) is 4.99. The van der Waals surface area contributed by atoms with E-state index in [0.717, 1.165) is 5.82 Å². The van der Waals surface area contributed by atoms with E-state index in [4.69, 9.17) is 5.73 Å². The molecule has 100 valence electrons. The number of thiophene rings is 1. The summed E-state index contributed by atoms with van der Waals surface area (Å²) in [5, 5.41) is 2.15. The second kappa shape index (κ2) is 5.35. The standard InChI is InChI=1S/C15H24N2S/c1-4-5-6-7-9-15(2,3)17-12-8-10-18-13(12)11-14(17)16/h8,10-11H,4-7,9,16H2,1-3H3. The first-order chi connectivity index (χ1) is 8.56. The van der Waals surface area contributed by atoms with Crippen LogP contribution in [0, 0.1) is 0 Å². The van der Waals surface area contributed by atoms with Gasteiger partial charge in [0.2, 0.25) is 0 Å². The van der Waals surface area contributed by atoms with E-state index < -0.39 is 0 Å². The van der Waals surface area contributed by atoms with Crippen molar-refractivity contribution in [2.75, 3.05) is 5.73 Å². The summed E-state index contributed by atoms with van der Waals surface area (Å²) in [6, 6.07) is 4.29. The van der Waals surface area contributed by atoms with Gasteiger partial charge in [-0.3, -0.25) is 0 Å². The van der Waals surface area contributed by atoms with E-state index >= 15 is 0 Å². The number of nitrogens with zero attached hydrogens (tertiary/aromatic N) is 1. The second-order valence-corrected chi connectivity index (χ2v) is 6.65. The summed E-state index contributed by atoms with van der Waals surface area (Å²) in [6.07, 6.45) is 6.43. The number of hydrogen-bond donors (Lipinski definition) is 1. The lowest BCUT2D eigenvalue weighted by atomic mass is 9.95. The number of anilines is 1. The molecule has 0 bridgehead atoms. The first kappa shape index (κ1) is 13.5. The van der Waals surface area contributed by atoms with Gasteiger partial charge in [0, 0.05) is 5.54 Å². The maximum atomic E-state index is 6.18. The monoisotopic (exact) mass is 264 g/mol. The number of aromatic nitrogens is 1. The van der Waals surface area contributed by atoms with E-state index in [2.05, 4.69) is 42.9 Å². The normalized spacial score (nSPS) is 12.4. The molecule has 0 aliphatic rings. The molecule has 0 spiro atoms. The molecule has 2 aromatic rings. The number of fused-ring (bicyclic) bond motifs is 1. The SMILES string of the molecule is CCCCCCC(C)(C)n1c(N)cc2sccc21. The van der Waals surface area contributed by atoms with E-state index in [0.29, 0.717) is 0 Å². The number of unbranched alkanes of at least 4 members (excludes halogenated alkanes) is 3. The highest BCUT2D eigenvalue weighted by atomic mass is 32.1. The van der Waals surface area contributed by atoms with Crippen LogP contribution in [0.15, 0.2) is 17.5 Å². The molecule has 18 heavy (non-hydrogen) atoms. The average molecular weight is 264 g/mol. The Morgan fingerprint density at radius 1 is 1.28 bits per heavy atom. The zero-order valence-electron chi connectivity index (χ0n) is 11.7. The minimum absolute atomic E-state index is 0.112. The van der Waals surface area contributed by atoms with Crippen molar-refractivity contribution in [3.8, 4) is 0 Å². The van der Waals surface area contributed by atoms with Gasteiger partial charge in [0.25, 0.3) is 0 Å². The highest BCUT2D eigenvalue weighted by Crippen LogP contribution is 2.35. The van der Waals surface area contributed by atoms with Gasteiger partial charge in [0.15, 0.2) is 0 Å². The van der Waals surface area contributed by atoms with Gasteiger partial charge in [-0.1, -0.05) is 32.6 Å². The maximum absolute atomic E-state index is 6.18. The summed E-state index contributed by atoms with van der Waals surface area (Å²) in [5.41, 5.74) is 7.59. The van der Waals surface area contributed by atoms with Crippen molar-refractivity contribution in [1.82, 2.24) is 4.57 Å². The van der Waals surface area contributed by atoms with Crippen LogP contribution in [0.4, 0.5) is 5.82 Å². The summed E-state index contributed by atoms with van der Waals surface area (Å²) >= 11 is 1.77. The Kier molecular flexibility index (Phi) is 4.00. The second-order valence-electron chi connectivity index (χ2n) is 5.70. The lowest BCUT2D eigenvalue weighted by molar-refractivity contribution is 0.328. The molecule has 0 aliphatic carbocycles. The lowest BCUT2D eigenvalue weighted by Crippen LogP contribution is -2.27. The molecule has 0 unspecified atom stereocenters. The summed E-state index contributed by atoms with van der Waals surface area (Å²) < 4.78 is 3.61. The Morgan fingerprint density at radius 2 is 2.06 bits per heavy atom. The summed E-state index contributed by atoms with van der Waals surface area (Å²) in [4.78, 5) is 0. The molecule has 0 aromatic carbocycles. The number of nitrogen functional groups attached to an aromatic ring is 1. The van der Waals surface area contributed by atoms with Crippen LogP contribution in [-0.2, 0) is 5.54 Å². The third kappa shape index (κ3) is 2.56. The molecular formula is C15H24N2S. The molecule has 0 saturated carbocycles. The van der Waals surface area contributed by atoms with Gasteiger partial charge in [-0.2, -0.15) is 0 Å². The van der Waals surface area contributed by atoms with Gasteiger partial charge in [-0.25, -0.2) is 0 Å². The average Bonchev–Trinajstić information content (AvgIpc) is 2.83. The van der Waals surface area contributed by atoms with E-state index in [1.54, 1.807) is 11.3 Å². The highest BCUT2D eigenvalue weighted by Gasteiger charge is 2.24. The van der Waals surface area contributed by atoms with Crippen LogP contribution >= 0.6 is 11.3 Å². The lowest BCUT2D eigenvalue weighted by Gasteiger charge is -2.29. The Balaban J connectivity index is 2.17. The van der Waals surface area contributed by atoms with Crippen LogP contribution < -0.4 is 5.73 Å². The molecule has 0 fully saturated rings. The predicted molar refractivity (Wildman–Crippen MR) is 82.3 cm³/mol. The Hall–Kier alpha value is -0.960. The first-order valence-electron chi connectivity index (χ1n) is 6.91. The topological polar surface area (TPSA) is 30.9 Å². The molecule has 3 heteroatoms. The van der Waals surface area contributed by atoms with Crippen molar-refractivity contribution in [3.63, 3.8) is 0 Å². The van der Waals surface area contributed by atoms with Crippen LogP contribution in [0.25, 0.3) is 10.2 Å². The summed E-state index contributed by atoms with van der Waals surface area (Å²) in [5.74, 6) is 0.900. The maximum Gasteiger partial charge on any atom is 0.105 e. The Labute approximate surface area is 114 Å². The Bertz CT molecular complexity index is 508. The first-order valence-corrected chi connectivity index (χ1v) is 7.79. The zero-order valence-corrected chi connectivity index (χ0v) is 12.5. The molecule has 2 nitrogen and oxygen atoms in total. The van der Waals surface area contributed by atoms with Crippen molar-refractivity contribution in [2.24, 2.45) is 0 Å². The van der Waals surface area contributed by atoms with Gasteiger partial charge >= 0.3 is 0 Å². The molecular weight excluding hydrogens is 240 g/mol. The minimum Gasteiger partial charge on any atom is -0.385 e. The smallest absolute Gasteiger partial charge is 0.105 e. The molecule has 2 aromatic heterocycles. The van der Waals surface area contributed by atoms with Gasteiger partial charge in [-0.05, 0) is 37.8 Å². The summed E-state index contributed by atoms with van der Waals surface area (Å²) in [6.45, 7) is 6.85. The quantitative estimate of drug-likeness (QED) is 0.732. The number of rotatable bonds is 6. The molecule has 0 radical (unpaired) electrons. The van der Waals surface area contributed by atoms with Crippen LogP contribution in [0.5, 0.6) is 0 Å². The minimum atomic E-state index is 0.112. The van der Waals surface area contributed by atoms with Crippen LogP contribution in [0.1, 0.15) is 52.9 Å². The molecule has 0 atom stereocenters. The largest absolute Gasteiger partial charge is 0.385 e. The third-order valence-corrected chi connectivity index (χ3v) is 4.55. The third-order valence-electron chi connectivity index (χ3n) is 3.70. The molecule has 0 saturated heterocycles. The molecule has 0 amide bonds.